The van der Waals surface area contributed by atoms with Crippen LogP contribution >= 0.6 is 0 Å². The van der Waals surface area contributed by atoms with Crippen LogP contribution in [0.25, 0.3) is 0 Å². The lowest BCUT2D eigenvalue weighted by Crippen LogP contribution is -2.41. The Morgan fingerprint density at radius 2 is 2.11 bits per heavy atom. The first-order valence-corrected chi connectivity index (χ1v) is 6.55. The molecule has 1 aliphatic heterocycles. The van der Waals surface area contributed by atoms with Crippen molar-refractivity contribution in [1.29, 1.82) is 0 Å². The molecule has 100 valence electrons. The van der Waals surface area contributed by atoms with E-state index in [1.165, 1.54) is 0 Å². The number of hydrogen-bond acceptors (Lipinski definition) is 4. The predicted octanol–water partition coefficient (Wildman–Crippen LogP) is 1.53. The first kappa shape index (κ1) is 13.2. The molecule has 1 aromatic rings. The fourth-order valence-corrected chi connectivity index (χ4v) is 2.11. The zero-order valence-corrected chi connectivity index (χ0v) is 10.8. The zero-order valence-electron chi connectivity index (χ0n) is 10.8. The number of nitrogens with zero attached hydrogens (tertiary/aromatic N) is 1. The molecule has 1 atom stereocenters. The number of likely N-dealkylation sites (N-methyl/N-ethyl adjacent to an activating group) is 1. The van der Waals surface area contributed by atoms with Gasteiger partial charge in [-0.1, -0.05) is 19.1 Å². The summed E-state index contributed by atoms with van der Waals surface area (Å²) in [6.45, 7) is 5.64. The van der Waals surface area contributed by atoms with E-state index >= 15 is 0 Å². The molecule has 0 spiro atoms. The van der Waals surface area contributed by atoms with Gasteiger partial charge in [0.15, 0.2) is 11.5 Å². The van der Waals surface area contributed by atoms with Gasteiger partial charge < -0.3 is 14.6 Å². The van der Waals surface area contributed by atoms with Gasteiger partial charge in [-0.15, -0.1) is 0 Å². The third-order valence-corrected chi connectivity index (χ3v) is 3.11. The highest BCUT2D eigenvalue weighted by molar-refractivity contribution is 5.40. The van der Waals surface area contributed by atoms with Gasteiger partial charge in [0, 0.05) is 19.7 Å². The van der Waals surface area contributed by atoms with Crippen LogP contribution in [0.4, 0.5) is 0 Å². The number of aliphatic hydroxyl groups is 1. The molecule has 0 saturated carbocycles. The molecule has 1 aliphatic rings. The van der Waals surface area contributed by atoms with Crippen molar-refractivity contribution in [2.45, 2.75) is 19.4 Å². The van der Waals surface area contributed by atoms with E-state index in [1.54, 1.807) is 0 Å². The first-order valence-electron chi connectivity index (χ1n) is 6.55. The van der Waals surface area contributed by atoms with E-state index in [0.717, 1.165) is 37.6 Å². The van der Waals surface area contributed by atoms with E-state index in [9.17, 15) is 0 Å². The maximum absolute atomic E-state index is 8.86. The molecule has 1 heterocycles. The van der Waals surface area contributed by atoms with Crippen LogP contribution < -0.4 is 9.47 Å². The summed E-state index contributed by atoms with van der Waals surface area (Å²) in [7, 11) is 0. The average molecular weight is 251 g/mol. The number of para-hydroxylation sites is 2. The zero-order chi connectivity index (χ0) is 12.8. The van der Waals surface area contributed by atoms with E-state index in [2.05, 4.69) is 11.8 Å². The molecule has 4 heteroatoms. The average Bonchev–Trinajstić information content (AvgIpc) is 2.43. The predicted molar refractivity (Wildman–Crippen MR) is 70.2 cm³/mol. The highest BCUT2D eigenvalue weighted by atomic mass is 16.6. The molecule has 0 saturated heterocycles. The normalized spacial score (nSPS) is 18.1. The minimum Gasteiger partial charge on any atom is -0.486 e. The molecule has 0 aliphatic carbocycles. The van der Waals surface area contributed by atoms with Crippen LogP contribution in [0.3, 0.4) is 0 Å². The fraction of sp³-hybridized carbons (Fsp3) is 0.571. The van der Waals surface area contributed by atoms with E-state index in [-0.39, 0.29) is 12.7 Å². The Balaban J connectivity index is 1.88. The molecule has 0 radical (unpaired) electrons. The van der Waals surface area contributed by atoms with Crippen LogP contribution in [0.5, 0.6) is 11.5 Å². The topological polar surface area (TPSA) is 41.9 Å². The molecule has 1 aromatic carbocycles. The molecular weight excluding hydrogens is 230 g/mol. The maximum atomic E-state index is 8.86. The summed E-state index contributed by atoms with van der Waals surface area (Å²) >= 11 is 0. The van der Waals surface area contributed by atoms with Crippen LogP contribution in [0.15, 0.2) is 24.3 Å². The van der Waals surface area contributed by atoms with Gasteiger partial charge in [-0.3, -0.25) is 4.90 Å². The standard InChI is InChI=1S/C14H21NO3/c1-2-15(8-5-9-16)10-12-11-17-13-6-3-4-7-14(13)18-12/h3-4,6-7,12,16H,2,5,8-11H2,1H3. The van der Waals surface area contributed by atoms with Gasteiger partial charge in [-0.05, 0) is 25.1 Å². The highest BCUT2D eigenvalue weighted by Crippen LogP contribution is 2.30. The van der Waals surface area contributed by atoms with Crippen LogP contribution in [-0.4, -0.2) is 49.0 Å². The molecular formula is C14H21NO3. The molecule has 1 N–H and O–H groups in total. The van der Waals surface area contributed by atoms with Gasteiger partial charge in [0.05, 0.1) is 0 Å². The van der Waals surface area contributed by atoms with Crippen molar-refractivity contribution in [3.05, 3.63) is 24.3 Å². The number of aliphatic hydroxyl groups excluding tert-OH is 1. The molecule has 2 rings (SSSR count). The molecule has 1 unspecified atom stereocenters. The van der Waals surface area contributed by atoms with Gasteiger partial charge in [0.2, 0.25) is 0 Å². The largest absolute Gasteiger partial charge is 0.486 e. The summed E-state index contributed by atoms with van der Waals surface area (Å²) in [6, 6.07) is 7.76. The summed E-state index contributed by atoms with van der Waals surface area (Å²) in [4.78, 5) is 2.28. The number of benzene rings is 1. The van der Waals surface area contributed by atoms with Crippen LogP contribution in [0.1, 0.15) is 13.3 Å². The second-order valence-corrected chi connectivity index (χ2v) is 4.47. The monoisotopic (exact) mass is 251 g/mol. The molecule has 0 amide bonds. The molecule has 18 heavy (non-hydrogen) atoms. The Morgan fingerprint density at radius 1 is 1.33 bits per heavy atom. The third-order valence-electron chi connectivity index (χ3n) is 3.11. The summed E-state index contributed by atoms with van der Waals surface area (Å²) < 4.78 is 11.6. The smallest absolute Gasteiger partial charge is 0.161 e. The number of fused-ring (bicyclic) bond motifs is 1. The summed E-state index contributed by atoms with van der Waals surface area (Å²) in [5.41, 5.74) is 0. The van der Waals surface area contributed by atoms with Crippen molar-refractivity contribution in [1.82, 2.24) is 4.90 Å². The minimum absolute atomic E-state index is 0.0681. The Kier molecular flexibility index (Phi) is 4.84. The van der Waals surface area contributed by atoms with Crippen LogP contribution in [0, 0.1) is 0 Å². The quantitative estimate of drug-likeness (QED) is 0.832. The lowest BCUT2D eigenvalue weighted by molar-refractivity contribution is 0.0584. The summed E-state index contributed by atoms with van der Waals surface area (Å²) in [5, 5.41) is 8.86. The lowest BCUT2D eigenvalue weighted by Gasteiger charge is -2.30. The molecule has 0 fully saturated rings. The molecule has 0 bridgehead atoms. The van der Waals surface area contributed by atoms with Crippen molar-refractivity contribution in [2.75, 3.05) is 32.8 Å². The Hall–Kier alpha value is -1.26. The van der Waals surface area contributed by atoms with Gasteiger partial charge in [-0.25, -0.2) is 0 Å². The van der Waals surface area contributed by atoms with Crippen molar-refractivity contribution in [3.8, 4) is 11.5 Å². The number of rotatable bonds is 6. The van der Waals surface area contributed by atoms with E-state index < -0.39 is 0 Å². The Bertz CT molecular complexity index is 370. The fourth-order valence-electron chi connectivity index (χ4n) is 2.11. The number of hydrogen-bond donors (Lipinski definition) is 1. The lowest BCUT2D eigenvalue weighted by atomic mass is 10.2. The van der Waals surface area contributed by atoms with Crippen LogP contribution in [0.2, 0.25) is 0 Å². The van der Waals surface area contributed by atoms with Gasteiger partial charge in [0.25, 0.3) is 0 Å². The molecule has 0 aromatic heterocycles. The Labute approximate surface area is 108 Å². The first-order chi connectivity index (χ1) is 8.83. The number of ether oxygens (including phenoxy) is 2. The van der Waals surface area contributed by atoms with Crippen molar-refractivity contribution in [3.63, 3.8) is 0 Å². The van der Waals surface area contributed by atoms with Gasteiger partial charge in [0.1, 0.15) is 12.7 Å². The summed E-state index contributed by atoms with van der Waals surface area (Å²) in [5.74, 6) is 1.65. The van der Waals surface area contributed by atoms with E-state index in [0.29, 0.717) is 6.61 Å². The second-order valence-electron chi connectivity index (χ2n) is 4.47. The van der Waals surface area contributed by atoms with Crippen LogP contribution in [-0.2, 0) is 0 Å². The van der Waals surface area contributed by atoms with Gasteiger partial charge in [-0.2, -0.15) is 0 Å². The minimum atomic E-state index is 0.0681. The van der Waals surface area contributed by atoms with E-state index in [1.807, 2.05) is 24.3 Å². The SMILES string of the molecule is CCN(CCCO)CC1COc2ccccc2O1. The summed E-state index contributed by atoms with van der Waals surface area (Å²) in [6.07, 6.45) is 0.872. The maximum Gasteiger partial charge on any atom is 0.161 e. The van der Waals surface area contributed by atoms with E-state index in [4.69, 9.17) is 14.6 Å². The Morgan fingerprint density at radius 3 is 2.83 bits per heavy atom. The molecule has 4 nitrogen and oxygen atoms in total. The second kappa shape index (κ2) is 6.61. The van der Waals surface area contributed by atoms with Crippen molar-refractivity contribution in [2.24, 2.45) is 0 Å². The van der Waals surface area contributed by atoms with Crippen molar-refractivity contribution < 1.29 is 14.6 Å². The van der Waals surface area contributed by atoms with Gasteiger partial charge >= 0.3 is 0 Å². The third kappa shape index (κ3) is 3.37. The highest BCUT2D eigenvalue weighted by Gasteiger charge is 2.22. The van der Waals surface area contributed by atoms with Crippen molar-refractivity contribution >= 4 is 0 Å².